The van der Waals surface area contributed by atoms with E-state index in [9.17, 15) is 67.1 Å². The van der Waals surface area contributed by atoms with Gasteiger partial charge in [0.2, 0.25) is 17.2 Å². The van der Waals surface area contributed by atoms with Crippen molar-refractivity contribution in [2.24, 2.45) is 0 Å². The minimum Gasteiger partial charge on any atom is -0.481 e. The van der Waals surface area contributed by atoms with Gasteiger partial charge in [0.05, 0.1) is 11.5 Å². The van der Waals surface area contributed by atoms with Crippen molar-refractivity contribution in [3.05, 3.63) is 88.0 Å². The molecule has 0 spiro atoms. The lowest BCUT2D eigenvalue weighted by Gasteiger charge is -2.42. The van der Waals surface area contributed by atoms with Crippen molar-refractivity contribution in [3.63, 3.8) is 0 Å². The van der Waals surface area contributed by atoms with Gasteiger partial charge in [0.1, 0.15) is 40.6 Å². The Labute approximate surface area is 548 Å². The molecule has 0 saturated carbocycles. The van der Waals surface area contributed by atoms with Crippen LogP contribution in [0, 0.1) is 0 Å². The van der Waals surface area contributed by atoms with Gasteiger partial charge in [-0.3, -0.25) is 67.1 Å². The Hall–Kier alpha value is -12.3. The number of carbonyl (C=O) groups excluding carboxylic acids is 15. The molecular formula is C65H58O32. The molecule has 5 aromatic rings. The SMILES string of the molecule is CC(=O)Oc1cc(OC(C)=O)c2c(c1)OC(c1cc(OC(C)=O)c(OC(C)=O)c(OC(C)=O)c1)C(OC(C)=O)C2c1c(OC(C)=O)cc(OC(C)=O)c2c1OC(c1cc(OC(C)=O)c(OC(C)=O)c(OC(C)=O)c1)C(OC(=O)c1cc(OC(C)=O)c(OC(C)=O)c(OC(C)=O)c1)C2. The predicted octanol–water partition coefficient (Wildman–Crippen LogP) is 6.81. The summed E-state index contributed by atoms with van der Waals surface area (Å²) in [7, 11) is 0. The molecule has 32 heteroatoms. The zero-order chi connectivity index (χ0) is 71.8. The molecule has 5 atom stereocenters. The monoisotopic (exact) mass is 1350 g/mol. The zero-order valence-electron chi connectivity index (χ0n) is 53.9. The first kappa shape index (κ1) is 72.2. The molecular weight excluding hydrogens is 1290 g/mol. The first-order valence-corrected chi connectivity index (χ1v) is 28.5. The molecule has 2 aliphatic heterocycles. The van der Waals surface area contributed by atoms with E-state index in [1.807, 2.05) is 0 Å². The molecule has 0 saturated heterocycles. The van der Waals surface area contributed by atoms with Crippen molar-refractivity contribution < 1.29 is 152 Å². The van der Waals surface area contributed by atoms with Crippen LogP contribution in [0.3, 0.4) is 0 Å². The van der Waals surface area contributed by atoms with Crippen molar-refractivity contribution in [3.8, 4) is 86.2 Å². The lowest BCUT2D eigenvalue weighted by molar-refractivity contribution is -0.154. The van der Waals surface area contributed by atoms with E-state index in [0.29, 0.717) is 0 Å². The number of rotatable bonds is 19. The third kappa shape index (κ3) is 18.1. The molecule has 2 aliphatic rings. The average Bonchev–Trinajstić information content (AvgIpc) is 0.719. The summed E-state index contributed by atoms with van der Waals surface area (Å²) < 4.78 is 98.0. The van der Waals surface area contributed by atoms with Crippen LogP contribution in [0.4, 0.5) is 0 Å². The fraction of sp³-hybridized carbons (Fsp3) is 0.308. The maximum Gasteiger partial charge on any atom is 0.338 e. The first-order valence-electron chi connectivity index (χ1n) is 28.5. The van der Waals surface area contributed by atoms with E-state index in [4.69, 9.17) is 80.5 Å². The number of benzene rings is 5. The number of esters is 15. The standard InChI is InChI=1S/C65H58O32/c1-25(66)81-42-21-45(83-27(3)68)55-46(22-42)95-59(40-17-50(87-31(7)72)62(92-36(12)77)51(18-40)88-32(8)73)64(94-38(14)79)57(55)56-47(84-28(4)69)24-44(82-26(2)67)43-23-54(96-65(80)41-19-52(89-33(9)74)63(93-37(13)78)53(20-41)90-34(10)75)58(97-60(43)56)39-15-48(85-29(5)70)61(91-35(11)76)49(16-39)86-30(6)71/h15-22,24,54,57-59,64H,23H2,1-14H3. The number of ether oxygens (including phenoxy) is 17. The summed E-state index contributed by atoms with van der Waals surface area (Å²) in [5.41, 5.74) is -2.37. The highest BCUT2D eigenvalue weighted by Crippen LogP contribution is 2.60. The van der Waals surface area contributed by atoms with Crippen molar-refractivity contribution in [1.29, 1.82) is 0 Å². The topological polar surface area (TPSA) is 413 Å². The van der Waals surface area contributed by atoms with Crippen molar-refractivity contribution in [2.75, 3.05) is 0 Å². The summed E-state index contributed by atoms with van der Waals surface area (Å²) in [6, 6.07) is 8.95. The second-order valence-electron chi connectivity index (χ2n) is 20.9. The van der Waals surface area contributed by atoms with E-state index in [-0.39, 0.29) is 28.0 Å². The Balaban J connectivity index is 1.69. The summed E-state index contributed by atoms with van der Waals surface area (Å²) in [5.74, 6) is -26.9. The maximum absolute atomic E-state index is 15.1. The van der Waals surface area contributed by atoms with Gasteiger partial charge < -0.3 is 80.5 Å². The van der Waals surface area contributed by atoms with E-state index in [2.05, 4.69) is 0 Å². The lowest BCUT2D eigenvalue weighted by Crippen LogP contribution is -2.40. The van der Waals surface area contributed by atoms with Crippen LogP contribution in [0.15, 0.2) is 54.6 Å². The van der Waals surface area contributed by atoms with E-state index in [1.165, 1.54) is 0 Å². The van der Waals surface area contributed by atoms with E-state index in [0.717, 1.165) is 152 Å². The molecule has 0 N–H and O–H groups in total. The normalized spacial score (nSPS) is 15.5. The van der Waals surface area contributed by atoms with Crippen LogP contribution in [0.5, 0.6) is 86.2 Å². The van der Waals surface area contributed by atoms with Gasteiger partial charge in [-0.25, -0.2) is 4.79 Å². The maximum atomic E-state index is 15.1. The molecule has 0 radical (unpaired) electrons. The molecule has 2 heterocycles. The molecule has 5 unspecified atom stereocenters. The smallest absolute Gasteiger partial charge is 0.338 e. The molecule has 0 amide bonds. The Morgan fingerprint density at radius 2 is 0.660 bits per heavy atom. The van der Waals surface area contributed by atoms with Crippen LogP contribution < -0.4 is 71.1 Å². The van der Waals surface area contributed by atoms with Crippen LogP contribution in [0.2, 0.25) is 0 Å². The Kier molecular flexibility index (Phi) is 22.5. The highest BCUT2D eigenvalue weighted by molar-refractivity contribution is 5.93. The lowest BCUT2D eigenvalue weighted by atomic mass is 9.77. The highest BCUT2D eigenvalue weighted by Gasteiger charge is 2.51. The molecule has 7 rings (SSSR count). The van der Waals surface area contributed by atoms with Crippen molar-refractivity contribution >= 4 is 89.5 Å². The summed E-state index contributed by atoms with van der Waals surface area (Å²) >= 11 is 0. The summed E-state index contributed by atoms with van der Waals surface area (Å²) in [6.45, 7) is 13.4. The van der Waals surface area contributed by atoms with Gasteiger partial charge in [0.15, 0.2) is 52.8 Å². The largest absolute Gasteiger partial charge is 0.481 e. The predicted molar refractivity (Wildman–Crippen MR) is 316 cm³/mol. The number of hydrogen-bond donors (Lipinski definition) is 0. The summed E-state index contributed by atoms with van der Waals surface area (Å²) in [6.07, 6.45) is -8.64. The molecule has 0 bridgehead atoms. The average molecular weight is 1350 g/mol. The molecule has 0 aromatic heterocycles. The Morgan fingerprint density at radius 1 is 0.320 bits per heavy atom. The van der Waals surface area contributed by atoms with E-state index < -0.39 is 218 Å². The van der Waals surface area contributed by atoms with Crippen LogP contribution in [0.1, 0.15) is 153 Å². The van der Waals surface area contributed by atoms with Gasteiger partial charge in [0, 0.05) is 149 Å². The highest BCUT2D eigenvalue weighted by atomic mass is 16.6. The van der Waals surface area contributed by atoms with Gasteiger partial charge in [0.25, 0.3) is 0 Å². The molecule has 0 aliphatic carbocycles. The van der Waals surface area contributed by atoms with Gasteiger partial charge in [-0.2, -0.15) is 0 Å². The van der Waals surface area contributed by atoms with E-state index >= 15 is 4.79 Å². The second-order valence-corrected chi connectivity index (χ2v) is 20.9. The minimum absolute atomic E-state index is 0.277. The van der Waals surface area contributed by atoms with Gasteiger partial charge >= 0.3 is 89.5 Å². The van der Waals surface area contributed by atoms with Crippen molar-refractivity contribution in [1.82, 2.24) is 0 Å². The van der Waals surface area contributed by atoms with E-state index in [1.54, 1.807) is 0 Å². The number of fused-ring (bicyclic) bond motifs is 2. The quantitative estimate of drug-likeness (QED) is 0.0604. The van der Waals surface area contributed by atoms with Gasteiger partial charge in [-0.1, -0.05) is 0 Å². The van der Waals surface area contributed by atoms with Crippen LogP contribution >= 0.6 is 0 Å². The Bertz CT molecular complexity index is 4080. The fourth-order valence-electron chi connectivity index (χ4n) is 10.1. The number of hydrogen-bond acceptors (Lipinski definition) is 32. The van der Waals surface area contributed by atoms with Crippen LogP contribution in [-0.2, 0) is 83.0 Å². The Morgan fingerprint density at radius 3 is 1.03 bits per heavy atom. The first-order chi connectivity index (χ1) is 45.5. The summed E-state index contributed by atoms with van der Waals surface area (Å²) in [5, 5.41) is 0. The molecule has 510 valence electrons. The van der Waals surface area contributed by atoms with Gasteiger partial charge in [-0.05, 0) is 36.4 Å². The molecule has 0 fully saturated rings. The van der Waals surface area contributed by atoms with Gasteiger partial charge in [-0.15, -0.1) is 0 Å². The molecule has 97 heavy (non-hydrogen) atoms. The zero-order valence-corrected chi connectivity index (χ0v) is 53.9. The van der Waals surface area contributed by atoms with Crippen LogP contribution in [0.25, 0.3) is 0 Å². The fourth-order valence-corrected chi connectivity index (χ4v) is 10.1. The minimum atomic E-state index is -2.04. The number of carbonyl (C=O) groups is 15. The third-order valence-corrected chi connectivity index (χ3v) is 12.8. The molecule has 5 aromatic carbocycles. The van der Waals surface area contributed by atoms with Crippen molar-refractivity contribution in [2.45, 2.75) is 134 Å². The molecule has 32 nitrogen and oxygen atoms in total. The van der Waals surface area contributed by atoms with Crippen LogP contribution in [-0.4, -0.2) is 102 Å². The second kappa shape index (κ2) is 30.2. The summed E-state index contributed by atoms with van der Waals surface area (Å²) in [4.78, 5) is 196. The third-order valence-electron chi connectivity index (χ3n) is 12.8.